The lowest BCUT2D eigenvalue weighted by atomic mass is 9.93. The third-order valence-electron chi connectivity index (χ3n) is 3.43. The van der Waals surface area contributed by atoms with E-state index in [1.54, 1.807) is 0 Å². The summed E-state index contributed by atoms with van der Waals surface area (Å²) < 4.78 is 5.68. The molecule has 1 fully saturated rings. The van der Waals surface area contributed by atoms with Gasteiger partial charge in [-0.15, -0.1) is 0 Å². The third-order valence-corrected chi connectivity index (χ3v) is 3.43. The van der Waals surface area contributed by atoms with Gasteiger partial charge in [0.2, 0.25) is 0 Å². The van der Waals surface area contributed by atoms with Gasteiger partial charge < -0.3 is 15.4 Å². The lowest BCUT2D eigenvalue weighted by molar-refractivity contribution is 0.317. The SMILES string of the molecule is CCCOc1cc(N)cc(N2CCC(C)(C)C2)c1. The highest BCUT2D eigenvalue weighted by molar-refractivity contribution is 5.61. The molecule has 0 saturated carbocycles. The van der Waals surface area contributed by atoms with Crippen LogP contribution in [0.25, 0.3) is 0 Å². The number of nitrogens with zero attached hydrogens (tertiary/aromatic N) is 1. The van der Waals surface area contributed by atoms with Crippen LogP contribution in [0.2, 0.25) is 0 Å². The molecular formula is C15H24N2O. The molecular weight excluding hydrogens is 224 g/mol. The smallest absolute Gasteiger partial charge is 0.123 e. The van der Waals surface area contributed by atoms with Gasteiger partial charge in [0.1, 0.15) is 5.75 Å². The Morgan fingerprint density at radius 3 is 2.72 bits per heavy atom. The second-order valence-electron chi connectivity index (χ2n) is 5.94. The molecule has 100 valence electrons. The van der Waals surface area contributed by atoms with E-state index >= 15 is 0 Å². The summed E-state index contributed by atoms with van der Waals surface area (Å²) in [6.45, 7) is 9.67. The monoisotopic (exact) mass is 248 g/mol. The number of nitrogens with two attached hydrogens (primary N) is 1. The maximum atomic E-state index is 5.96. The highest BCUT2D eigenvalue weighted by Crippen LogP contribution is 2.34. The highest BCUT2D eigenvalue weighted by Gasteiger charge is 2.29. The molecule has 1 aliphatic heterocycles. The van der Waals surface area contributed by atoms with Gasteiger partial charge in [0.15, 0.2) is 0 Å². The molecule has 0 atom stereocenters. The van der Waals surface area contributed by atoms with Crippen molar-refractivity contribution in [3.8, 4) is 5.75 Å². The fourth-order valence-corrected chi connectivity index (χ4v) is 2.42. The zero-order valence-corrected chi connectivity index (χ0v) is 11.7. The average Bonchev–Trinajstić information content (AvgIpc) is 2.66. The van der Waals surface area contributed by atoms with Gasteiger partial charge in [0.05, 0.1) is 6.61 Å². The molecule has 18 heavy (non-hydrogen) atoms. The number of nitrogen functional groups attached to an aromatic ring is 1. The fourth-order valence-electron chi connectivity index (χ4n) is 2.42. The second kappa shape index (κ2) is 5.09. The van der Waals surface area contributed by atoms with E-state index in [0.717, 1.165) is 37.6 Å². The quantitative estimate of drug-likeness (QED) is 0.831. The van der Waals surface area contributed by atoms with Gasteiger partial charge in [-0.1, -0.05) is 20.8 Å². The number of anilines is 2. The molecule has 1 saturated heterocycles. The Bertz CT molecular complexity index is 415. The van der Waals surface area contributed by atoms with Gasteiger partial charge >= 0.3 is 0 Å². The largest absolute Gasteiger partial charge is 0.493 e. The number of hydrogen-bond acceptors (Lipinski definition) is 3. The molecule has 1 aromatic carbocycles. The molecule has 1 heterocycles. The number of benzene rings is 1. The van der Waals surface area contributed by atoms with E-state index in [0.29, 0.717) is 5.41 Å². The summed E-state index contributed by atoms with van der Waals surface area (Å²) in [5, 5.41) is 0. The normalized spacial score (nSPS) is 18.1. The Morgan fingerprint density at radius 2 is 2.11 bits per heavy atom. The predicted octanol–water partition coefficient (Wildman–Crippen LogP) is 3.29. The molecule has 0 radical (unpaired) electrons. The molecule has 0 bridgehead atoms. The highest BCUT2D eigenvalue weighted by atomic mass is 16.5. The minimum Gasteiger partial charge on any atom is -0.493 e. The Kier molecular flexibility index (Phi) is 3.69. The van der Waals surface area contributed by atoms with Crippen molar-refractivity contribution >= 4 is 11.4 Å². The van der Waals surface area contributed by atoms with Crippen LogP contribution in [0.5, 0.6) is 5.75 Å². The van der Waals surface area contributed by atoms with Crippen molar-refractivity contribution in [2.75, 3.05) is 30.3 Å². The molecule has 0 unspecified atom stereocenters. The summed E-state index contributed by atoms with van der Waals surface area (Å²) in [5.74, 6) is 0.886. The van der Waals surface area contributed by atoms with Crippen molar-refractivity contribution in [2.45, 2.75) is 33.6 Å². The predicted molar refractivity (Wildman–Crippen MR) is 77.3 cm³/mol. The maximum absolute atomic E-state index is 5.96. The standard InChI is InChI=1S/C15H24N2O/c1-4-7-18-14-9-12(16)8-13(10-14)17-6-5-15(2,3)11-17/h8-10H,4-7,11,16H2,1-3H3. The van der Waals surface area contributed by atoms with Crippen LogP contribution in [0.1, 0.15) is 33.6 Å². The van der Waals surface area contributed by atoms with Crippen molar-refractivity contribution in [3.05, 3.63) is 18.2 Å². The van der Waals surface area contributed by atoms with Crippen LogP contribution in [-0.4, -0.2) is 19.7 Å². The fraction of sp³-hybridized carbons (Fsp3) is 0.600. The molecule has 3 heteroatoms. The van der Waals surface area contributed by atoms with Crippen LogP contribution in [0.3, 0.4) is 0 Å². The van der Waals surface area contributed by atoms with Gasteiger partial charge in [0, 0.05) is 36.6 Å². The van der Waals surface area contributed by atoms with Crippen molar-refractivity contribution in [3.63, 3.8) is 0 Å². The maximum Gasteiger partial charge on any atom is 0.123 e. The van der Waals surface area contributed by atoms with Gasteiger partial charge in [0.25, 0.3) is 0 Å². The van der Waals surface area contributed by atoms with Crippen LogP contribution < -0.4 is 15.4 Å². The first kappa shape index (κ1) is 13.1. The zero-order valence-electron chi connectivity index (χ0n) is 11.7. The van der Waals surface area contributed by atoms with E-state index < -0.39 is 0 Å². The Morgan fingerprint density at radius 1 is 1.33 bits per heavy atom. The summed E-state index contributed by atoms with van der Waals surface area (Å²) in [6.07, 6.45) is 2.24. The third kappa shape index (κ3) is 3.09. The molecule has 1 aliphatic rings. The lowest BCUT2D eigenvalue weighted by Gasteiger charge is -2.22. The molecule has 3 nitrogen and oxygen atoms in total. The average molecular weight is 248 g/mol. The van der Waals surface area contributed by atoms with Crippen LogP contribution in [0.15, 0.2) is 18.2 Å². The van der Waals surface area contributed by atoms with Crippen LogP contribution in [-0.2, 0) is 0 Å². The van der Waals surface area contributed by atoms with E-state index in [9.17, 15) is 0 Å². The number of hydrogen-bond donors (Lipinski definition) is 1. The first-order chi connectivity index (χ1) is 8.50. The summed E-state index contributed by atoms with van der Waals surface area (Å²) in [4.78, 5) is 2.40. The Balaban J connectivity index is 2.15. The first-order valence-corrected chi connectivity index (χ1v) is 6.78. The van der Waals surface area contributed by atoms with Crippen molar-refractivity contribution in [2.24, 2.45) is 5.41 Å². The van der Waals surface area contributed by atoms with Gasteiger partial charge in [-0.2, -0.15) is 0 Å². The van der Waals surface area contributed by atoms with Gasteiger partial charge in [-0.25, -0.2) is 0 Å². The summed E-state index contributed by atoms with van der Waals surface area (Å²) in [7, 11) is 0. The van der Waals surface area contributed by atoms with E-state index in [1.165, 1.54) is 12.1 Å². The van der Waals surface area contributed by atoms with Gasteiger partial charge in [-0.05, 0) is 24.3 Å². The molecule has 1 aromatic rings. The molecule has 2 rings (SSSR count). The molecule has 0 amide bonds. The van der Waals surface area contributed by atoms with E-state index in [2.05, 4.69) is 31.7 Å². The zero-order chi connectivity index (χ0) is 13.2. The lowest BCUT2D eigenvalue weighted by Crippen LogP contribution is -2.22. The molecule has 0 aliphatic carbocycles. The van der Waals surface area contributed by atoms with Crippen molar-refractivity contribution < 1.29 is 4.74 Å². The van der Waals surface area contributed by atoms with E-state index in [4.69, 9.17) is 10.5 Å². The first-order valence-electron chi connectivity index (χ1n) is 6.78. The summed E-state index contributed by atoms with van der Waals surface area (Å²) in [6, 6.07) is 6.05. The van der Waals surface area contributed by atoms with Crippen molar-refractivity contribution in [1.82, 2.24) is 0 Å². The molecule has 2 N–H and O–H groups in total. The Hall–Kier alpha value is -1.38. The molecule has 0 aromatic heterocycles. The number of rotatable bonds is 4. The van der Waals surface area contributed by atoms with Crippen molar-refractivity contribution in [1.29, 1.82) is 0 Å². The Labute approximate surface area is 110 Å². The van der Waals surface area contributed by atoms with Crippen LogP contribution >= 0.6 is 0 Å². The number of ether oxygens (including phenoxy) is 1. The minimum absolute atomic E-state index is 0.398. The minimum atomic E-state index is 0.398. The van der Waals surface area contributed by atoms with Crippen LogP contribution in [0.4, 0.5) is 11.4 Å². The topological polar surface area (TPSA) is 38.5 Å². The second-order valence-corrected chi connectivity index (χ2v) is 5.94. The summed E-state index contributed by atoms with van der Waals surface area (Å²) >= 11 is 0. The van der Waals surface area contributed by atoms with Gasteiger partial charge in [-0.3, -0.25) is 0 Å². The van der Waals surface area contributed by atoms with E-state index in [1.807, 2.05) is 12.1 Å². The van der Waals surface area contributed by atoms with Crippen LogP contribution in [0, 0.1) is 5.41 Å². The summed E-state index contributed by atoms with van der Waals surface area (Å²) in [5.41, 5.74) is 8.33. The molecule has 0 spiro atoms. The van der Waals surface area contributed by atoms with E-state index in [-0.39, 0.29) is 0 Å².